The van der Waals surface area contributed by atoms with E-state index >= 15 is 0 Å². The number of carbonyl (C=O) groups is 1. The predicted molar refractivity (Wildman–Crippen MR) is 84.4 cm³/mol. The van der Waals surface area contributed by atoms with E-state index in [-0.39, 0.29) is 12.6 Å². The van der Waals surface area contributed by atoms with E-state index in [0.29, 0.717) is 17.5 Å². The summed E-state index contributed by atoms with van der Waals surface area (Å²) in [6.45, 7) is 1.83. The number of nitrogens with zero attached hydrogens (tertiary/aromatic N) is 4. The minimum atomic E-state index is -0.479. The Hall–Kier alpha value is -2.75. The largest absolute Gasteiger partial charge is 0.330 e. The maximum absolute atomic E-state index is 11.7. The monoisotopic (exact) mass is 377 g/mol. The second-order valence-corrected chi connectivity index (χ2v) is 5.39. The van der Waals surface area contributed by atoms with Gasteiger partial charge in [0.2, 0.25) is 0 Å². The average Bonchev–Trinajstić information content (AvgIpc) is 3.15. The molecule has 0 spiro atoms. The van der Waals surface area contributed by atoms with E-state index in [4.69, 9.17) is 4.52 Å². The third-order valence-electron chi connectivity index (χ3n) is 2.81. The minimum Gasteiger partial charge on any atom is -0.330 e. The smallest absolute Gasteiger partial charge is 0.329 e. The summed E-state index contributed by atoms with van der Waals surface area (Å²) in [5.41, 5.74) is 0.862. The molecule has 0 atom stereocenters. The fraction of sp³-hybridized carbons (Fsp3) is 0.154. The van der Waals surface area contributed by atoms with Crippen molar-refractivity contribution >= 4 is 28.0 Å². The van der Waals surface area contributed by atoms with Crippen LogP contribution in [0.15, 0.2) is 33.3 Å². The molecule has 0 aliphatic carbocycles. The van der Waals surface area contributed by atoms with Gasteiger partial charge in [0.05, 0.1) is 6.54 Å². The molecule has 0 aliphatic rings. The van der Waals surface area contributed by atoms with Crippen molar-refractivity contribution in [2.45, 2.75) is 13.5 Å². The Balaban J connectivity index is 1.59. The SMILES string of the molecule is Cc1noc(NC(=O)NCc2nc(-c3ccccc3Br)n[nH]2)n1. The Kier molecular flexibility index (Phi) is 4.33. The molecule has 0 unspecified atom stereocenters. The summed E-state index contributed by atoms with van der Waals surface area (Å²) in [6, 6.07) is 7.16. The molecule has 2 heterocycles. The highest BCUT2D eigenvalue weighted by Crippen LogP contribution is 2.24. The Labute approximate surface area is 139 Å². The molecule has 3 aromatic rings. The summed E-state index contributed by atoms with van der Waals surface area (Å²) in [4.78, 5) is 19.9. The van der Waals surface area contributed by atoms with Crippen LogP contribution in [0.25, 0.3) is 11.4 Å². The van der Waals surface area contributed by atoms with Gasteiger partial charge in [0.15, 0.2) is 11.6 Å². The number of anilines is 1. The zero-order valence-corrected chi connectivity index (χ0v) is 13.6. The highest BCUT2D eigenvalue weighted by molar-refractivity contribution is 9.10. The number of aryl methyl sites for hydroxylation is 1. The first kappa shape index (κ1) is 15.2. The van der Waals surface area contributed by atoms with Crippen LogP contribution >= 0.6 is 15.9 Å². The van der Waals surface area contributed by atoms with Crippen molar-refractivity contribution in [3.63, 3.8) is 0 Å². The number of amides is 2. The van der Waals surface area contributed by atoms with Gasteiger partial charge in [-0.05, 0) is 19.1 Å². The second-order valence-electron chi connectivity index (χ2n) is 4.54. The van der Waals surface area contributed by atoms with Crippen molar-refractivity contribution in [2.24, 2.45) is 0 Å². The molecule has 1 aromatic carbocycles. The van der Waals surface area contributed by atoms with Crippen LogP contribution in [-0.2, 0) is 6.54 Å². The molecule has 118 valence electrons. The molecule has 0 bridgehead atoms. The van der Waals surface area contributed by atoms with E-state index < -0.39 is 6.03 Å². The first-order valence-corrected chi connectivity index (χ1v) is 7.42. The average molecular weight is 378 g/mol. The molecule has 0 saturated heterocycles. The Morgan fingerprint density at radius 2 is 2.17 bits per heavy atom. The number of nitrogens with one attached hydrogen (secondary N) is 3. The van der Waals surface area contributed by atoms with Gasteiger partial charge in [-0.2, -0.15) is 10.1 Å². The van der Waals surface area contributed by atoms with Crippen molar-refractivity contribution in [3.8, 4) is 11.4 Å². The summed E-state index contributed by atoms with van der Waals surface area (Å²) in [5.74, 6) is 1.50. The molecule has 0 fully saturated rings. The van der Waals surface area contributed by atoms with Crippen molar-refractivity contribution in [1.82, 2.24) is 30.6 Å². The van der Waals surface area contributed by atoms with E-state index in [1.807, 2.05) is 24.3 Å². The fourth-order valence-electron chi connectivity index (χ4n) is 1.79. The van der Waals surface area contributed by atoms with Gasteiger partial charge in [0, 0.05) is 10.0 Å². The number of aromatic amines is 1. The van der Waals surface area contributed by atoms with Crippen LogP contribution in [0.4, 0.5) is 10.8 Å². The number of aromatic nitrogens is 5. The van der Waals surface area contributed by atoms with Crippen molar-refractivity contribution in [3.05, 3.63) is 40.4 Å². The van der Waals surface area contributed by atoms with Gasteiger partial charge in [0.1, 0.15) is 5.82 Å². The third-order valence-corrected chi connectivity index (χ3v) is 3.50. The molecule has 0 radical (unpaired) electrons. The predicted octanol–water partition coefficient (Wildman–Crippen LogP) is 2.25. The van der Waals surface area contributed by atoms with Crippen LogP contribution < -0.4 is 10.6 Å². The molecule has 23 heavy (non-hydrogen) atoms. The van der Waals surface area contributed by atoms with Gasteiger partial charge in [-0.15, -0.1) is 0 Å². The van der Waals surface area contributed by atoms with Gasteiger partial charge < -0.3 is 9.84 Å². The van der Waals surface area contributed by atoms with Crippen LogP contribution in [0.2, 0.25) is 0 Å². The van der Waals surface area contributed by atoms with Gasteiger partial charge in [0.25, 0.3) is 0 Å². The molecule has 2 aromatic heterocycles. The molecule has 3 N–H and O–H groups in total. The molecule has 0 aliphatic heterocycles. The molecule has 2 amide bonds. The van der Waals surface area contributed by atoms with Gasteiger partial charge in [-0.25, -0.2) is 9.78 Å². The van der Waals surface area contributed by atoms with E-state index in [1.165, 1.54) is 0 Å². The van der Waals surface area contributed by atoms with Gasteiger partial charge >= 0.3 is 12.0 Å². The number of carbonyl (C=O) groups excluding carboxylic acids is 1. The number of urea groups is 1. The zero-order chi connectivity index (χ0) is 16.2. The summed E-state index contributed by atoms with van der Waals surface area (Å²) >= 11 is 3.45. The lowest BCUT2D eigenvalue weighted by atomic mass is 10.2. The van der Waals surface area contributed by atoms with Crippen LogP contribution in [0.5, 0.6) is 0 Å². The Morgan fingerprint density at radius 1 is 1.35 bits per heavy atom. The van der Waals surface area contributed by atoms with Gasteiger partial charge in [-0.1, -0.05) is 33.2 Å². The van der Waals surface area contributed by atoms with Gasteiger partial charge in [-0.3, -0.25) is 10.4 Å². The van der Waals surface area contributed by atoms with Crippen LogP contribution in [0.3, 0.4) is 0 Å². The van der Waals surface area contributed by atoms with Crippen molar-refractivity contribution in [2.75, 3.05) is 5.32 Å². The molecule has 0 saturated carbocycles. The standard InChI is InChI=1S/C13H12BrN7O2/c1-7-16-13(23-21-7)18-12(22)15-6-10-17-11(20-19-10)8-4-2-3-5-9(8)14/h2-5H,6H2,1H3,(H,17,19,20)(H2,15,16,18,21,22). The fourth-order valence-corrected chi connectivity index (χ4v) is 2.25. The minimum absolute atomic E-state index is 0.0338. The third kappa shape index (κ3) is 3.72. The molecular formula is C13H12BrN7O2. The lowest BCUT2D eigenvalue weighted by molar-refractivity contribution is 0.250. The summed E-state index contributed by atoms with van der Waals surface area (Å²) in [6.07, 6.45) is 0. The number of H-pyrrole nitrogens is 1. The van der Waals surface area contributed by atoms with E-state index in [1.54, 1.807) is 6.92 Å². The van der Waals surface area contributed by atoms with Crippen LogP contribution in [0, 0.1) is 6.92 Å². The normalized spacial score (nSPS) is 10.5. The summed E-state index contributed by atoms with van der Waals surface area (Å²) in [7, 11) is 0. The topological polar surface area (TPSA) is 122 Å². The Morgan fingerprint density at radius 3 is 2.91 bits per heavy atom. The maximum atomic E-state index is 11.7. The lowest BCUT2D eigenvalue weighted by Gasteiger charge is -2.01. The summed E-state index contributed by atoms with van der Waals surface area (Å²) < 4.78 is 5.68. The number of hydrogen-bond donors (Lipinski definition) is 3. The molecule has 9 nitrogen and oxygen atoms in total. The van der Waals surface area contributed by atoms with Crippen molar-refractivity contribution < 1.29 is 9.32 Å². The van der Waals surface area contributed by atoms with E-state index in [9.17, 15) is 4.79 Å². The quantitative estimate of drug-likeness (QED) is 0.640. The highest BCUT2D eigenvalue weighted by atomic mass is 79.9. The molecule has 10 heteroatoms. The summed E-state index contributed by atoms with van der Waals surface area (Å²) in [5, 5.41) is 15.5. The lowest BCUT2D eigenvalue weighted by Crippen LogP contribution is -2.28. The number of benzene rings is 1. The number of halogens is 1. The number of rotatable bonds is 4. The molecule has 3 rings (SSSR count). The highest BCUT2D eigenvalue weighted by Gasteiger charge is 2.11. The van der Waals surface area contributed by atoms with E-state index in [2.05, 4.69) is 51.9 Å². The molecular weight excluding hydrogens is 366 g/mol. The maximum Gasteiger partial charge on any atom is 0.329 e. The first-order valence-electron chi connectivity index (χ1n) is 6.63. The number of hydrogen-bond acceptors (Lipinski definition) is 6. The second kappa shape index (κ2) is 6.57. The van der Waals surface area contributed by atoms with Crippen molar-refractivity contribution in [1.29, 1.82) is 0 Å². The van der Waals surface area contributed by atoms with Crippen LogP contribution in [0.1, 0.15) is 11.6 Å². The zero-order valence-electron chi connectivity index (χ0n) is 12.0. The first-order chi connectivity index (χ1) is 11.1. The van der Waals surface area contributed by atoms with Crippen LogP contribution in [-0.4, -0.2) is 31.4 Å². The Bertz CT molecular complexity index is 829. The van der Waals surface area contributed by atoms with E-state index in [0.717, 1.165) is 10.0 Å².